The Morgan fingerprint density at radius 1 is 1.19 bits per heavy atom. The van der Waals surface area contributed by atoms with Crippen molar-refractivity contribution < 1.29 is 26.9 Å². The van der Waals surface area contributed by atoms with E-state index in [2.05, 4.69) is 10.5 Å². The van der Waals surface area contributed by atoms with Crippen LogP contribution in [0.4, 0.5) is 15.8 Å². The summed E-state index contributed by atoms with van der Waals surface area (Å²) in [5, 5.41) is 14.4. The lowest BCUT2D eigenvalue weighted by atomic mass is 10.1. The maximum absolute atomic E-state index is 14.0. The first-order valence-electron chi connectivity index (χ1n) is 9.04. The first-order valence-corrected chi connectivity index (χ1v) is 10.9. The zero-order chi connectivity index (χ0) is 23.3. The van der Waals surface area contributed by atoms with Crippen LogP contribution in [0.15, 0.2) is 70.2 Å². The first-order chi connectivity index (χ1) is 15.1. The Morgan fingerprint density at radius 3 is 2.50 bits per heavy atom. The third-order valence-electron chi connectivity index (χ3n) is 4.18. The van der Waals surface area contributed by atoms with Gasteiger partial charge in [-0.05, 0) is 36.4 Å². The van der Waals surface area contributed by atoms with E-state index in [9.17, 15) is 27.7 Å². The number of nitro benzene ring substituents is 1. The van der Waals surface area contributed by atoms with Crippen LogP contribution in [0.25, 0.3) is 11.3 Å². The van der Waals surface area contributed by atoms with Gasteiger partial charge in [-0.2, -0.15) is 5.10 Å². The summed E-state index contributed by atoms with van der Waals surface area (Å²) < 4.78 is 44.2. The Balaban J connectivity index is 1.65. The van der Waals surface area contributed by atoms with Crippen LogP contribution in [0.5, 0.6) is 0 Å². The number of rotatable bonds is 8. The van der Waals surface area contributed by atoms with E-state index in [1.165, 1.54) is 48.7 Å². The smallest absolute Gasteiger partial charge is 0.269 e. The minimum atomic E-state index is -3.93. The average Bonchev–Trinajstić information content (AvgIpc) is 3.21. The van der Waals surface area contributed by atoms with E-state index in [0.29, 0.717) is 15.6 Å². The molecule has 0 bridgehead atoms. The van der Waals surface area contributed by atoms with Gasteiger partial charge in [-0.1, -0.05) is 12.1 Å². The Bertz CT molecular complexity index is 1270. The molecule has 10 nitrogen and oxygen atoms in total. The van der Waals surface area contributed by atoms with E-state index in [1.807, 2.05) is 0 Å². The number of nitro groups is 1. The van der Waals surface area contributed by atoms with E-state index in [0.717, 1.165) is 12.3 Å². The molecule has 0 aliphatic carbocycles. The highest BCUT2D eigenvalue weighted by Crippen LogP contribution is 2.24. The number of sulfonamides is 1. The van der Waals surface area contributed by atoms with E-state index in [-0.39, 0.29) is 17.1 Å². The summed E-state index contributed by atoms with van der Waals surface area (Å²) in [7, 11) is -3.93. The van der Waals surface area contributed by atoms with Crippen molar-refractivity contribution in [2.24, 2.45) is 5.10 Å². The molecule has 0 fully saturated rings. The molecule has 3 aromatic rings. The summed E-state index contributed by atoms with van der Waals surface area (Å²) in [4.78, 5) is 22.4. The van der Waals surface area contributed by atoms with Crippen molar-refractivity contribution in [2.45, 2.75) is 0 Å². The summed E-state index contributed by atoms with van der Waals surface area (Å²) in [6, 6.07) is 14.1. The van der Waals surface area contributed by atoms with Crippen molar-refractivity contribution in [1.29, 1.82) is 0 Å². The van der Waals surface area contributed by atoms with Crippen molar-refractivity contribution in [3.8, 4) is 11.3 Å². The Kier molecular flexibility index (Phi) is 6.64. The molecule has 1 N–H and O–H groups in total. The number of furan rings is 1. The van der Waals surface area contributed by atoms with Crippen LogP contribution in [0, 0.1) is 15.9 Å². The average molecular weight is 460 g/mol. The van der Waals surface area contributed by atoms with Crippen LogP contribution in [0.2, 0.25) is 0 Å². The molecule has 1 aromatic heterocycles. The predicted molar refractivity (Wildman–Crippen MR) is 115 cm³/mol. The second kappa shape index (κ2) is 9.39. The van der Waals surface area contributed by atoms with Crippen molar-refractivity contribution in [2.75, 3.05) is 17.1 Å². The molecule has 0 radical (unpaired) electrons. The SMILES string of the molecule is CS(=O)(=O)N(CC(=O)N/N=C\c1ccc(-c2ccc([N+](=O)[O-])cc2)o1)c1ccccc1F. The summed E-state index contributed by atoms with van der Waals surface area (Å²) in [6.45, 7) is -0.677. The summed E-state index contributed by atoms with van der Waals surface area (Å²) in [5.74, 6) is -0.885. The van der Waals surface area contributed by atoms with Gasteiger partial charge in [0.25, 0.3) is 11.6 Å². The van der Waals surface area contributed by atoms with Gasteiger partial charge in [0.2, 0.25) is 10.0 Å². The molecule has 12 heteroatoms. The fraction of sp³-hybridized carbons (Fsp3) is 0.100. The van der Waals surface area contributed by atoms with Crippen LogP contribution in [-0.2, 0) is 14.8 Å². The molecule has 0 aliphatic heterocycles. The quantitative estimate of drug-likeness (QED) is 0.312. The van der Waals surface area contributed by atoms with Crippen molar-refractivity contribution in [3.63, 3.8) is 0 Å². The Labute approximate surface area is 182 Å². The number of carbonyl (C=O) groups excluding carboxylic acids is 1. The molecule has 0 spiro atoms. The molecule has 3 rings (SSSR count). The molecular weight excluding hydrogens is 443 g/mol. The third kappa shape index (κ3) is 5.55. The summed E-state index contributed by atoms with van der Waals surface area (Å²) >= 11 is 0. The standard InChI is InChI=1S/C20H17FN4O6S/c1-32(29,30)24(18-5-3-2-4-17(18)21)13-20(26)23-22-12-16-10-11-19(31-16)14-6-8-15(9-7-14)25(27)28/h2-12H,13H2,1H3,(H,23,26)/b22-12-. The second-order valence-electron chi connectivity index (χ2n) is 6.52. The lowest BCUT2D eigenvalue weighted by Gasteiger charge is -2.21. The summed E-state index contributed by atoms with van der Waals surface area (Å²) in [6.07, 6.45) is 2.05. The predicted octanol–water partition coefficient (Wildman–Crippen LogP) is 2.91. The number of nitrogens with zero attached hydrogens (tertiary/aromatic N) is 3. The van der Waals surface area contributed by atoms with Crippen LogP contribution in [-0.4, -0.2) is 38.3 Å². The fourth-order valence-corrected chi connectivity index (χ4v) is 3.55. The zero-order valence-corrected chi connectivity index (χ0v) is 17.5. The number of nitrogens with one attached hydrogen (secondary N) is 1. The van der Waals surface area contributed by atoms with Crippen molar-refractivity contribution in [3.05, 3.63) is 82.4 Å². The molecule has 0 atom stereocenters. The van der Waals surface area contributed by atoms with Gasteiger partial charge in [0.15, 0.2) is 0 Å². The van der Waals surface area contributed by atoms with Gasteiger partial charge < -0.3 is 4.42 Å². The van der Waals surface area contributed by atoms with Crippen LogP contribution in [0.3, 0.4) is 0 Å². The number of carbonyl (C=O) groups is 1. The van der Waals surface area contributed by atoms with E-state index >= 15 is 0 Å². The van der Waals surface area contributed by atoms with Gasteiger partial charge in [-0.25, -0.2) is 18.2 Å². The number of para-hydroxylation sites is 1. The maximum atomic E-state index is 14.0. The van der Waals surface area contributed by atoms with Crippen molar-refractivity contribution >= 4 is 33.5 Å². The molecule has 0 unspecified atom stereocenters. The van der Waals surface area contributed by atoms with Gasteiger partial charge in [0.05, 0.1) is 23.1 Å². The van der Waals surface area contributed by atoms with Crippen LogP contribution >= 0.6 is 0 Å². The van der Waals surface area contributed by atoms with E-state index < -0.39 is 33.2 Å². The minimum absolute atomic E-state index is 0.0525. The second-order valence-corrected chi connectivity index (χ2v) is 8.43. The molecule has 0 saturated carbocycles. The molecule has 0 saturated heterocycles. The van der Waals surface area contributed by atoms with Crippen LogP contribution in [0.1, 0.15) is 5.76 Å². The number of hydrogen-bond donors (Lipinski definition) is 1. The summed E-state index contributed by atoms with van der Waals surface area (Å²) in [5.41, 5.74) is 2.45. The number of halogens is 1. The highest BCUT2D eigenvalue weighted by atomic mass is 32.2. The first kappa shape index (κ1) is 22.6. The van der Waals surface area contributed by atoms with Gasteiger partial charge in [-0.3, -0.25) is 19.2 Å². The topological polar surface area (TPSA) is 135 Å². The Hall–Kier alpha value is -4.06. The van der Waals surface area contributed by atoms with E-state index in [1.54, 1.807) is 12.1 Å². The lowest BCUT2D eigenvalue weighted by molar-refractivity contribution is -0.384. The van der Waals surface area contributed by atoms with Gasteiger partial charge in [-0.15, -0.1) is 0 Å². The van der Waals surface area contributed by atoms with Crippen LogP contribution < -0.4 is 9.73 Å². The number of amides is 1. The van der Waals surface area contributed by atoms with Gasteiger partial charge >= 0.3 is 0 Å². The normalized spacial score (nSPS) is 11.4. The number of hydrazone groups is 1. The highest BCUT2D eigenvalue weighted by molar-refractivity contribution is 7.92. The monoisotopic (exact) mass is 460 g/mol. The minimum Gasteiger partial charge on any atom is -0.455 e. The third-order valence-corrected chi connectivity index (χ3v) is 5.31. The Morgan fingerprint density at radius 2 is 1.88 bits per heavy atom. The molecule has 0 aliphatic rings. The molecular formula is C20H17FN4O6S. The molecule has 1 amide bonds. The largest absolute Gasteiger partial charge is 0.455 e. The number of benzene rings is 2. The van der Waals surface area contributed by atoms with Crippen molar-refractivity contribution in [1.82, 2.24) is 5.43 Å². The van der Waals surface area contributed by atoms with Gasteiger partial charge in [0.1, 0.15) is 23.9 Å². The maximum Gasteiger partial charge on any atom is 0.269 e. The molecule has 1 heterocycles. The van der Waals surface area contributed by atoms with E-state index in [4.69, 9.17) is 4.42 Å². The molecule has 32 heavy (non-hydrogen) atoms. The fourth-order valence-electron chi connectivity index (χ4n) is 2.69. The lowest BCUT2D eigenvalue weighted by Crippen LogP contribution is -2.39. The van der Waals surface area contributed by atoms with Gasteiger partial charge in [0, 0.05) is 17.7 Å². The molecule has 2 aromatic carbocycles. The zero-order valence-electron chi connectivity index (χ0n) is 16.6. The number of hydrogen-bond acceptors (Lipinski definition) is 7. The number of anilines is 1. The highest BCUT2D eigenvalue weighted by Gasteiger charge is 2.23. The number of non-ortho nitro benzene ring substituents is 1. The molecule has 166 valence electrons.